The fourth-order valence-electron chi connectivity index (χ4n) is 2.44. The molecule has 0 radical (unpaired) electrons. The molecule has 0 saturated carbocycles. The van der Waals surface area contributed by atoms with E-state index in [1.807, 2.05) is 0 Å². The fourth-order valence-corrected chi connectivity index (χ4v) is 2.62. The largest absolute Gasteiger partial charge is 0.342 e. The maximum atomic E-state index is 13.1. The van der Waals surface area contributed by atoms with Gasteiger partial charge in [-0.25, -0.2) is 9.37 Å². The van der Waals surface area contributed by atoms with E-state index >= 15 is 0 Å². The Hall–Kier alpha value is -1.39. The number of H-pyrrole nitrogens is 1. The normalized spacial score (nSPS) is 18.9. The highest BCUT2D eigenvalue weighted by molar-refractivity contribution is 6.31. The first-order valence-corrected chi connectivity index (χ1v) is 6.80. The van der Waals surface area contributed by atoms with Gasteiger partial charge < -0.3 is 10.3 Å². The van der Waals surface area contributed by atoms with Gasteiger partial charge in [0.15, 0.2) is 0 Å². The minimum absolute atomic E-state index is 0.133. The van der Waals surface area contributed by atoms with Crippen molar-refractivity contribution < 1.29 is 4.39 Å². The van der Waals surface area contributed by atoms with Crippen molar-refractivity contribution in [2.75, 3.05) is 13.1 Å². The maximum Gasteiger partial charge on any atom is 0.141 e. The third-order valence-corrected chi connectivity index (χ3v) is 3.79. The predicted octanol–water partition coefficient (Wildman–Crippen LogP) is 3.02. The van der Waals surface area contributed by atoms with Crippen molar-refractivity contribution >= 4 is 11.6 Å². The molecule has 0 spiro atoms. The third kappa shape index (κ3) is 2.80. The molecule has 1 unspecified atom stereocenters. The number of halogens is 2. The van der Waals surface area contributed by atoms with Gasteiger partial charge >= 0.3 is 0 Å². The number of aromatic nitrogens is 2. The molecule has 1 aliphatic heterocycles. The van der Waals surface area contributed by atoms with E-state index in [1.54, 1.807) is 18.3 Å². The molecule has 2 N–H and O–H groups in total. The molecule has 1 aromatic heterocycles. The van der Waals surface area contributed by atoms with Gasteiger partial charge in [-0.2, -0.15) is 0 Å². The van der Waals surface area contributed by atoms with E-state index in [4.69, 9.17) is 11.6 Å². The van der Waals surface area contributed by atoms with Gasteiger partial charge in [0.2, 0.25) is 0 Å². The molecular formula is C14H15ClFN3. The lowest BCUT2D eigenvalue weighted by molar-refractivity contribution is 0.565. The van der Waals surface area contributed by atoms with Crippen molar-refractivity contribution in [3.63, 3.8) is 0 Å². The molecule has 0 aliphatic carbocycles. The molecule has 1 atom stereocenters. The molecule has 19 heavy (non-hydrogen) atoms. The molecule has 5 heteroatoms. The minimum atomic E-state index is -0.401. The summed E-state index contributed by atoms with van der Waals surface area (Å²) in [5.41, 5.74) is 1.73. The van der Waals surface area contributed by atoms with Gasteiger partial charge in [-0.3, -0.25) is 0 Å². The van der Waals surface area contributed by atoms with Crippen molar-refractivity contribution in [1.29, 1.82) is 0 Å². The van der Waals surface area contributed by atoms with Crippen LogP contribution in [0.15, 0.2) is 24.4 Å². The van der Waals surface area contributed by atoms with Gasteiger partial charge in [0.25, 0.3) is 0 Å². The fraction of sp³-hybridized carbons (Fsp3) is 0.357. The lowest BCUT2D eigenvalue weighted by Crippen LogP contribution is -2.11. The average Bonchev–Trinajstić information content (AvgIpc) is 3.05. The predicted molar refractivity (Wildman–Crippen MR) is 73.7 cm³/mol. The quantitative estimate of drug-likeness (QED) is 0.907. The molecule has 3 nitrogen and oxygen atoms in total. The van der Waals surface area contributed by atoms with Crippen molar-refractivity contribution in [2.45, 2.75) is 12.8 Å². The summed E-state index contributed by atoms with van der Waals surface area (Å²) in [6.45, 7) is 2.14. The van der Waals surface area contributed by atoms with Crippen LogP contribution in [-0.4, -0.2) is 23.1 Å². The SMILES string of the molecule is Fc1ccc(-c2cnc(CC3CCNC3)[nH]2)cc1Cl. The number of imidazole rings is 1. The first-order chi connectivity index (χ1) is 9.22. The van der Waals surface area contributed by atoms with Crippen LogP contribution in [0, 0.1) is 11.7 Å². The van der Waals surface area contributed by atoms with E-state index in [9.17, 15) is 4.39 Å². The maximum absolute atomic E-state index is 13.1. The first kappa shape index (κ1) is 12.6. The summed E-state index contributed by atoms with van der Waals surface area (Å²) < 4.78 is 13.1. The zero-order valence-corrected chi connectivity index (χ0v) is 11.2. The summed E-state index contributed by atoms with van der Waals surface area (Å²) in [4.78, 5) is 7.67. The Morgan fingerprint density at radius 3 is 3.05 bits per heavy atom. The smallest absolute Gasteiger partial charge is 0.141 e. The van der Waals surface area contributed by atoms with Crippen LogP contribution in [0.25, 0.3) is 11.3 Å². The Kier molecular flexibility index (Phi) is 3.53. The second kappa shape index (κ2) is 5.31. The molecule has 0 amide bonds. The van der Waals surface area contributed by atoms with Gasteiger partial charge in [-0.05, 0) is 43.6 Å². The van der Waals surface area contributed by atoms with E-state index in [0.717, 1.165) is 36.6 Å². The summed E-state index contributed by atoms with van der Waals surface area (Å²) in [6.07, 6.45) is 3.92. The van der Waals surface area contributed by atoms with Crippen LogP contribution >= 0.6 is 11.6 Å². The first-order valence-electron chi connectivity index (χ1n) is 6.42. The Labute approximate surface area is 116 Å². The van der Waals surface area contributed by atoms with Gasteiger partial charge in [-0.15, -0.1) is 0 Å². The summed E-state index contributed by atoms with van der Waals surface area (Å²) in [5.74, 6) is 1.22. The van der Waals surface area contributed by atoms with Crippen molar-refractivity contribution in [3.8, 4) is 11.3 Å². The van der Waals surface area contributed by atoms with Gasteiger partial charge in [0.05, 0.1) is 16.9 Å². The van der Waals surface area contributed by atoms with E-state index in [-0.39, 0.29) is 5.02 Å². The van der Waals surface area contributed by atoms with Crippen LogP contribution in [0.2, 0.25) is 5.02 Å². The summed E-state index contributed by atoms with van der Waals surface area (Å²) >= 11 is 5.79. The monoisotopic (exact) mass is 279 g/mol. The molecule has 100 valence electrons. The van der Waals surface area contributed by atoms with Gasteiger partial charge in [0, 0.05) is 12.0 Å². The number of rotatable bonds is 3. The topological polar surface area (TPSA) is 40.7 Å². The molecule has 1 aromatic carbocycles. The standard InChI is InChI=1S/C14H15ClFN3/c15-11-6-10(1-2-12(11)16)13-8-18-14(19-13)5-9-3-4-17-7-9/h1-2,6,8-9,17H,3-5,7H2,(H,18,19). The van der Waals surface area contributed by atoms with Crippen LogP contribution in [0.5, 0.6) is 0 Å². The summed E-state index contributed by atoms with van der Waals surface area (Å²) in [7, 11) is 0. The van der Waals surface area contributed by atoms with Crippen LogP contribution in [0.4, 0.5) is 4.39 Å². The number of hydrogen-bond donors (Lipinski definition) is 2. The van der Waals surface area contributed by atoms with E-state index in [1.165, 1.54) is 12.5 Å². The van der Waals surface area contributed by atoms with E-state index < -0.39 is 5.82 Å². The summed E-state index contributed by atoms with van der Waals surface area (Å²) in [6, 6.07) is 4.69. The second-order valence-electron chi connectivity index (χ2n) is 4.94. The van der Waals surface area contributed by atoms with Crippen LogP contribution < -0.4 is 5.32 Å². The van der Waals surface area contributed by atoms with E-state index in [0.29, 0.717) is 5.92 Å². The zero-order valence-electron chi connectivity index (χ0n) is 10.4. The van der Waals surface area contributed by atoms with Crippen LogP contribution in [-0.2, 0) is 6.42 Å². The molecule has 1 aliphatic rings. The summed E-state index contributed by atoms with van der Waals surface area (Å²) in [5, 5.41) is 3.48. The van der Waals surface area contributed by atoms with Crippen LogP contribution in [0.3, 0.4) is 0 Å². The Balaban J connectivity index is 1.78. The second-order valence-corrected chi connectivity index (χ2v) is 5.34. The number of nitrogens with zero attached hydrogens (tertiary/aromatic N) is 1. The molecule has 2 aromatic rings. The average molecular weight is 280 g/mol. The van der Waals surface area contributed by atoms with Gasteiger partial charge in [0.1, 0.15) is 11.6 Å². The molecule has 1 saturated heterocycles. The lowest BCUT2D eigenvalue weighted by Gasteiger charge is -2.04. The minimum Gasteiger partial charge on any atom is -0.342 e. The highest BCUT2D eigenvalue weighted by Gasteiger charge is 2.16. The molecule has 0 bridgehead atoms. The third-order valence-electron chi connectivity index (χ3n) is 3.50. The lowest BCUT2D eigenvalue weighted by atomic mass is 10.1. The Morgan fingerprint density at radius 1 is 1.42 bits per heavy atom. The molecule has 2 heterocycles. The number of aromatic amines is 1. The highest BCUT2D eigenvalue weighted by Crippen LogP contribution is 2.24. The number of nitrogens with one attached hydrogen (secondary N) is 2. The number of hydrogen-bond acceptors (Lipinski definition) is 2. The Bertz CT molecular complexity index is 576. The van der Waals surface area contributed by atoms with Crippen molar-refractivity contribution in [2.24, 2.45) is 5.92 Å². The van der Waals surface area contributed by atoms with E-state index in [2.05, 4.69) is 15.3 Å². The Morgan fingerprint density at radius 2 is 2.32 bits per heavy atom. The molecule has 1 fully saturated rings. The van der Waals surface area contributed by atoms with Crippen molar-refractivity contribution in [1.82, 2.24) is 15.3 Å². The number of benzene rings is 1. The van der Waals surface area contributed by atoms with Gasteiger partial charge in [-0.1, -0.05) is 11.6 Å². The van der Waals surface area contributed by atoms with Crippen LogP contribution in [0.1, 0.15) is 12.2 Å². The zero-order chi connectivity index (χ0) is 13.2. The molecule has 3 rings (SSSR count). The molecular weight excluding hydrogens is 265 g/mol. The van der Waals surface area contributed by atoms with Crippen molar-refractivity contribution in [3.05, 3.63) is 41.1 Å². The highest BCUT2D eigenvalue weighted by atomic mass is 35.5.